The molecule has 1 heterocycles. The average molecular weight is 102 g/mol. The van der Waals surface area contributed by atoms with Gasteiger partial charge in [0, 0.05) is 0 Å². The largest absolute Gasteiger partial charge is 1.00 e. The van der Waals surface area contributed by atoms with E-state index in [-0.39, 0.29) is 18.9 Å². The van der Waals surface area contributed by atoms with E-state index in [1.54, 1.807) is 0 Å². The van der Waals surface area contributed by atoms with Crippen molar-refractivity contribution in [3.63, 3.8) is 0 Å². The second-order valence-corrected chi connectivity index (χ2v) is 4.61. The Morgan fingerprint density at radius 2 is 2.00 bits per heavy atom. The maximum absolute atomic E-state index is 6.67. The van der Waals surface area contributed by atoms with Crippen LogP contribution in [0.5, 0.6) is 0 Å². The molecule has 0 amide bonds. The van der Waals surface area contributed by atoms with Gasteiger partial charge in [0.15, 0.2) is 0 Å². The molecule has 0 aromatic carbocycles. The standard InChI is InChI=1S/C5H7Si.Li/c1-2-6-4-3-5-6;/h6H,3-5H2;/q-1;+1. The number of hydrogen-bond donors (Lipinski definition) is 0. The van der Waals surface area contributed by atoms with Gasteiger partial charge in [-0.25, -0.2) is 0 Å². The van der Waals surface area contributed by atoms with E-state index in [2.05, 4.69) is 5.54 Å². The Hall–Kier alpha value is 0.374. The van der Waals surface area contributed by atoms with E-state index in [4.69, 9.17) is 6.42 Å². The molecule has 1 aliphatic rings. The maximum atomic E-state index is 6.67. The predicted molar refractivity (Wildman–Crippen MR) is 28.5 cm³/mol. The number of hydrogen-bond acceptors (Lipinski definition) is 0. The Labute approximate surface area is 58.5 Å². The van der Waals surface area contributed by atoms with E-state index in [1.165, 1.54) is 18.5 Å². The van der Waals surface area contributed by atoms with E-state index in [0.29, 0.717) is 0 Å². The van der Waals surface area contributed by atoms with Crippen LogP contribution in [0.15, 0.2) is 0 Å². The molecule has 0 aromatic heterocycles. The summed E-state index contributed by atoms with van der Waals surface area (Å²) in [6, 6.07) is 2.70. The van der Waals surface area contributed by atoms with Crippen LogP contribution in [0.3, 0.4) is 0 Å². The minimum atomic E-state index is -0.563. The molecular weight excluding hydrogens is 95.1 g/mol. The van der Waals surface area contributed by atoms with Crippen molar-refractivity contribution in [3.8, 4) is 5.54 Å². The zero-order valence-corrected chi connectivity index (χ0v) is 5.85. The van der Waals surface area contributed by atoms with Gasteiger partial charge in [-0.1, -0.05) is 18.5 Å². The fourth-order valence-corrected chi connectivity index (χ4v) is 1.66. The molecule has 1 saturated heterocycles. The van der Waals surface area contributed by atoms with E-state index in [0.717, 1.165) is 0 Å². The van der Waals surface area contributed by atoms with E-state index >= 15 is 0 Å². The van der Waals surface area contributed by atoms with Gasteiger partial charge in [-0.15, -0.1) is 0 Å². The van der Waals surface area contributed by atoms with Crippen molar-refractivity contribution in [2.24, 2.45) is 0 Å². The predicted octanol–water partition coefficient (Wildman–Crippen LogP) is -2.25. The summed E-state index contributed by atoms with van der Waals surface area (Å²) in [5, 5.41) is 0. The zero-order valence-electron chi connectivity index (χ0n) is 4.70. The minimum absolute atomic E-state index is 0. The first-order chi connectivity index (χ1) is 2.93. The van der Waals surface area contributed by atoms with Gasteiger partial charge < -0.3 is 12.0 Å². The Balaban J connectivity index is 0.000000360. The molecular formula is C5H7LiSi. The van der Waals surface area contributed by atoms with Crippen LogP contribution in [0.25, 0.3) is 0 Å². The Kier molecular flexibility index (Phi) is 3.57. The second kappa shape index (κ2) is 3.39. The number of rotatable bonds is 0. The van der Waals surface area contributed by atoms with E-state index in [1.807, 2.05) is 0 Å². The van der Waals surface area contributed by atoms with Crippen LogP contribution in [-0.4, -0.2) is 8.80 Å². The second-order valence-electron chi connectivity index (χ2n) is 1.77. The third-order valence-corrected chi connectivity index (χ3v) is 3.93. The van der Waals surface area contributed by atoms with Gasteiger partial charge in [0.05, 0.1) is 8.80 Å². The third kappa shape index (κ3) is 1.74. The summed E-state index contributed by atoms with van der Waals surface area (Å²) in [6.45, 7) is 0. The van der Waals surface area contributed by atoms with Gasteiger partial charge in [0.1, 0.15) is 0 Å². The summed E-state index contributed by atoms with van der Waals surface area (Å²) in [4.78, 5) is 0. The molecule has 0 nitrogen and oxygen atoms in total. The topological polar surface area (TPSA) is 0 Å². The summed E-state index contributed by atoms with van der Waals surface area (Å²) >= 11 is 0. The molecule has 1 aliphatic heterocycles. The molecule has 0 spiro atoms. The molecule has 0 saturated carbocycles. The van der Waals surface area contributed by atoms with Crippen molar-refractivity contribution in [1.82, 2.24) is 0 Å². The van der Waals surface area contributed by atoms with Crippen LogP contribution in [0.1, 0.15) is 6.42 Å². The SMILES string of the molecule is [C-]#C[SiH]1CCC1.[Li+]. The molecule has 0 N–H and O–H groups in total. The van der Waals surface area contributed by atoms with Gasteiger partial charge in [-0.3, -0.25) is 0 Å². The van der Waals surface area contributed by atoms with Gasteiger partial charge in [0.2, 0.25) is 0 Å². The molecule has 1 rings (SSSR count). The van der Waals surface area contributed by atoms with Crippen LogP contribution < -0.4 is 18.9 Å². The van der Waals surface area contributed by atoms with Crippen LogP contribution >= 0.6 is 0 Å². The average Bonchev–Trinajstić information content (AvgIpc) is 1.31. The monoisotopic (exact) mass is 102 g/mol. The Morgan fingerprint density at radius 3 is 2.00 bits per heavy atom. The van der Waals surface area contributed by atoms with Gasteiger partial charge in [0.25, 0.3) is 0 Å². The fourth-order valence-electron chi connectivity index (χ4n) is 0.553. The summed E-state index contributed by atoms with van der Waals surface area (Å²) in [7, 11) is -0.563. The normalized spacial score (nSPS) is 18.7. The van der Waals surface area contributed by atoms with E-state index < -0.39 is 8.80 Å². The maximum Gasteiger partial charge on any atom is 1.00 e. The van der Waals surface area contributed by atoms with Crippen molar-refractivity contribution in [1.29, 1.82) is 0 Å². The first-order valence-corrected chi connectivity index (χ1v) is 4.57. The molecule has 0 aliphatic carbocycles. The summed E-state index contributed by atoms with van der Waals surface area (Å²) < 4.78 is 0. The summed E-state index contributed by atoms with van der Waals surface area (Å²) in [5.74, 6) is 0. The molecule has 0 bridgehead atoms. The van der Waals surface area contributed by atoms with Crippen molar-refractivity contribution in [3.05, 3.63) is 6.42 Å². The molecule has 0 radical (unpaired) electrons. The van der Waals surface area contributed by atoms with Gasteiger partial charge >= 0.3 is 18.9 Å². The van der Waals surface area contributed by atoms with E-state index in [9.17, 15) is 0 Å². The first kappa shape index (κ1) is 7.37. The van der Waals surface area contributed by atoms with Gasteiger partial charge in [-0.05, 0) is 0 Å². The van der Waals surface area contributed by atoms with Crippen LogP contribution in [0.4, 0.5) is 0 Å². The Morgan fingerprint density at radius 1 is 1.43 bits per heavy atom. The Bertz CT molecular complexity index is 80.6. The smallest absolute Gasteiger partial charge is 0.701 e. The molecule has 7 heavy (non-hydrogen) atoms. The first-order valence-electron chi connectivity index (χ1n) is 2.36. The van der Waals surface area contributed by atoms with Crippen molar-refractivity contribution < 1.29 is 18.9 Å². The molecule has 32 valence electrons. The van der Waals surface area contributed by atoms with Crippen LogP contribution in [0, 0.1) is 12.0 Å². The molecule has 0 atom stereocenters. The van der Waals surface area contributed by atoms with Crippen molar-refractivity contribution in [2.45, 2.75) is 18.5 Å². The molecule has 1 fully saturated rings. The summed E-state index contributed by atoms with van der Waals surface area (Å²) in [6.07, 6.45) is 8.05. The van der Waals surface area contributed by atoms with Crippen LogP contribution in [-0.2, 0) is 0 Å². The fraction of sp³-hybridized carbons (Fsp3) is 0.600. The van der Waals surface area contributed by atoms with Crippen molar-refractivity contribution >= 4 is 8.80 Å². The molecule has 2 heteroatoms. The molecule has 0 aromatic rings. The quantitative estimate of drug-likeness (QED) is 0.184. The third-order valence-electron chi connectivity index (χ3n) is 1.31. The van der Waals surface area contributed by atoms with Gasteiger partial charge in [-0.2, -0.15) is 0 Å². The minimum Gasteiger partial charge on any atom is -0.701 e. The summed E-state index contributed by atoms with van der Waals surface area (Å²) in [5.41, 5.74) is 2.59. The van der Waals surface area contributed by atoms with Crippen molar-refractivity contribution in [2.75, 3.05) is 0 Å². The zero-order chi connectivity index (χ0) is 4.41. The molecule has 0 unspecified atom stereocenters. The van der Waals surface area contributed by atoms with Crippen LogP contribution in [0.2, 0.25) is 12.1 Å².